The van der Waals surface area contributed by atoms with E-state index in [1.54, 1.807) is 48.5 Å². The number of hydrogen-bond acceptors (Lipinski definition) is 11. The molecule has 0 radical (unpaired) electrons. The fourth-order valence-corrected chi connectivity index (χ4v) is 7.89. The summed E-state index contributed by atoms with van der Waals surface area (Å²) in [5.41, 5.74) is 10.4. The number of halogens is 9. The molecule has 15 nitrogen and oxygen atoms in total. The van der Waals surface area contributed by atoms with E-state index >= 15 is 0 Å². The number of hydrogen-bond donors (Lipinski definition) is 5. The zero-order valence-corrected chi connectivity index (χ0v) is 42.5. The summed E-state index contributed by atoms with van der Waals surface area (Å²) in [6, 6.07) is 35.8. The molecule has 81 heavy (non-hydrogen) atoms. The molecule has 0 saturated carbocycles. The lowest BCUT2D eigenvalue weighted by Crippen LogP contribution is -2.50. The SMILES string of the molecule is FC(F)(F)c1ccc(Cc2ccccc2-c2nnc(C3CCO3)o2)cc1.NNC(=O)c1ccccc1Cc1ccc(C(F)(F)F)cc1.O=C(NNC(=O)C1CCO1)c1ccccc1Cc1ccc(C(F)(F)F)cc1.O=C(O)C1CCO1. The summed E-state index contributed by atoms with van der Waals surface area (Å²) in [6.07, 6.45) is -11.0. The Morgan fingerprint density at radius 3 is 1.27 bits per heavy atom. The minimum atomic E-state index is -4.39. The summed E-state index contributed by atoms with van der Waals surface area (Å²) >= 11 is 0. The fraction of sp³-hybridized carbons (Fsp3) is 0.263. The van der Waals surface area contributed by atoms with Crippen molar-refractivity contribution in [2.75, 3.05) is 19.8 Å². The minimum Gasteiger partial charge on any atom is -0.479 e. The molecule has 0 spiro atoms. The number of nitrogen functional groups attached to an aromatic ring is 1. The van der Waals surface area contributed by atoms with Gasteiger partial charge >= 0.3 is 24.5 Å². The lowest BCUT2D eigenvalue weighted by Gasteiger charge is -2.25. The van der Waals surface area contributed by atoms with Gasteiger partial charge in [-0.1, -0.05) is 91.0 Å². The number of carbonyl (C=O) groups is 4. The molecule has 0 aliphatic carbocycles. The van der Waals surface area contributed by atoms with Crippen LogP contribution >= 0.6 is 0 Å². The van der Waals surface area contributed by atoms with E-state index in [0.717, 1.165) is 59.5 Å². The van der Waals surface area contributed by atoms with E-state index in [0.29, 0.717) is 90.7 Å². The number of nitrogens with zero attached hydrogens (tertiary/aromatic N) is 2. The molecule has 3 saturated heterocycles. The molecule has 426 valence electrons. The molecule has 1 aromatic heterocycles. The number of aliphatic carboxylic acids is 1. The molecule has 4 heterocycles. The van der Waals surface area contributed by atoms with Gasteiger partial charge in [0.2, 0.25) is 11.8 Å². The predicted molar refractivity (Wildman–Crippen MR) is 272 cm³/mol. The molecule has 3 amide bonds. The summed E-state index contributed by atoms with van der Waals surface area (Å²) in [5.74, 6) is 3.75. The fourth-order valence-electron chi connectivity index (χ4n) is 7.89. The van der Waals surface area contributed by atoms with Crippen LogP contribution in [0.5, 0.6) is 0 Å². The van der Waals surface area contributed by atoms with E-state index < -0.39 is 71.1 Å². The third kappa shape index (κ3) is 17.0. The molecule has 0 bridgehead atoms. The van der Waals surface area contributed by atoms with Crippen molar-refractivity contribution in [3.05, 3.63) is 213 Å². The molecule has 3 atom stereocenters. The van der Waals surface area contributed by atoms with Crippen molar-refractivity contribution in [2.45, 2.75) is 75.4 Å². The number of aromatic nitrogens is 2. The summed E-state index contributed by atoms with van der Waals surface area (Å²) < 4.78 is 134. The number of carboxylic acid groups (broad SMARTS) is 1. The van der Waals surface area contributed by atoms with E-state index in [9.17, 15) is 58.7 Å². The Hall–Kier alpha value is -8.45. The van der Waals surface area contributed by atoms with Crippen LogP contribution in [0.3, 0.4) is 0 Å². The second-order valence-corrected chi connectivity index (χ2v) is 18.2. The summed E-state index contributed by atoms with van der Waals surface area (Å²) in [6.45, 7) is 1.81. The first kappa shape index (κ1) is 60.2. The largest absolute Gasteiger partial charge is 0.479 e. The number of alkyl halides is 9. The maximum atomic E-state index is 12.7. The molecule has 3 aliphatic heterocycles. The minimum absolute atomic E-state index is 0.140. The van der Waals surface area contributed by atoms with Gasteiger partial charge in [-0.25, -0.2) is 10.6 Å². The van der Waals surface area contributed by atoms with Crippen LogP contribution in [0.15, 0.2) is 150 Å². The van der Waals surface area contributed by atoms with Crippen molar-refractivity contribution in [2.24, 2.45) is 5.84 Å². The topological polar surface area (TPSA) is 217 Å². The van der Waals surface area contributed by atoms with Crippen LogP contribution in [0.4, 0.5) is 39.5 Å². The third-order valence-corrected chi connectivity index (χ3v) is 12.6. The molecule has 10 rings (SSSR count). The van der Waals surface area contributed by atoms with E-state index in [4.69, 9.17) is 24.8 Å². The first-order chi connectivity index (χ1) is 38.6. The molecular formula is C57H51F9N6O9. The highest BCUT2D eigenvalue weighted by Gasteiger charge is 2.33. The van der Waals surface area contributed by atoms with Crippen LogP contribution in [0.1, 0.15) is 102 Å². The standard InChI is InChI=1S/C19H17F3N2O3.C19H15F3N2O2.C15H13F3N2O.C4H6O3/c20-19(21,22)14-7-5-12(6-8-14)11-13-3-1-2-4-15(13)17(25)23-24-18(26)16-9-10-27-16;20-19(21,22)14-7-5-12(6-8-14)11-13-3-1-2-4-15(13)17-23-24-18(26-17)16-9-10-25-16;16-15(17,18)12-7-5-10(6-8-12)9-11-3-1-2-4-13(11)14(21)20-19;5-4(6)3-1-2-7-3/h1-8,16H,9-11H2,(H,23,25)(H,24,26);1-8,16H,9-11H2;1-8H,9,19H2,(H,20,21);3H,1-2H2,(H,5,6). The van der Waals surface area contributed by atoms with E-state index in [1.807, 2.05) is 29.7 Å². The van der Waals surface area contributed by atoms with Crippen molar-refractivity contribution in [1.29, 1.82) is 0 Å². The number of nitrogens with two attached hydrogens (primary N) is 1. The van der Waals surface area contributed by atoms with Crippen LogP contribution < -0.4 is 22.1 Å². The van der Waals surface area contributed by atoms with Gasteiger partial charge in [0, 0.05) is 36.0 Å². The number of nitrogens with one attached hydrogen (secondary N) is 3. The van der Waals surface area contributed by atoms with Crippen molar-refractivity contribution >= 4 is 23.7 Å². The second-order valence-electron chi connectivity index (χ2n) is 18.2. The van der Waals surface area contributed by atoms with Crippen LogP contribution in [0.25, 0.3) is 11.5 Å². The molecule has 24 heteroatoms. The molecule has 3 fully saturated rings. The summed E-state index contributed by atoms with van der Waals surface area (Å²) in [5, 5.41) is 16.2. The molecule has 7 aromatic rings. The average Bonchev–Trinajstić information content (AvgIpc) is 3.86. The Morgan fingerprint density at radius 1 is 0.506 bits per heavy atom. The quantitative estimate of drug-likeness (QED) is 0.0334. The Kier molecular flexibility index (Phi) is 20.2. The van der Waals surface area contributed by atoms with Gasteiger partial charge in [-0.15, -0.1) is 10.2 Å². The van der Waals surface area contributed by atoms with Crippen LogP contribution in [-0.2, 0) is 61.6 Å². The molecule has 6 N–H and O–H groups in total. The second kappa shape index (κ2) is 27.1. The molecule has 3 aliphatic rings. The van der Waals surface area contributed by atoms with Gasteiger partial charge in [-0.05, 0) is 107 Å². The van der Waals surface area contributed by atoms with Crippen molar-refractivity contribution in [1.82, 2.24) is 26.5 Å². The number of hydrazine groups is 2. The lowest BCUT2D eigenvalue weighted by atomic mass is 9.98. The number of carbonyl (C=O) groups excluding carboxylic acids is 3. The van der Waals surface area contributed by atoms with Crippen molar-refractivity contribution in [3.63, 3.8) is 0 Å². The summed E-state index contributed by atoms with van der Waals surface area (Å²) in [4.78, 5) is 45.5. The summed E-state index contributed by atoms with van der Waals surface area (Å²) in [7, 11) is 0. The van der Waals surface area contributed by atoms with Crippen LogP contribution in [-0.4, -0.2) is 71.0 Å². The van der Waals surface area contributed by atoms with Crippen LogP contribution in [0.2, 0.25) is 0 Å². The zero-order valence-electron chi connectivity index (χ0n) is 42.5. The van der Waals surface area contributed by atoms with Gasteiger partial charge in [-0.2, -0.15) is 39.5 Å². The van der Waals surface area contributed by atoms with Gasteiger partial charge in [0.05, 0.1) is 36.5 Å². The normalized spacial score (nSPS) is 16.3. The van der Waals surface area contributed by atoms with Crippen molar-refractivity contribution in [3.8, 4) is 11.5 Å². The third-order valence-electron chi connectivity index (χ3n) is 12.6. The van der Waals surface area contributed by atoms with E-state index in [2.05, 4.69) is 25.8 Å². The molecular weight excluding hydrogens is 1080 g/mol. The number of carboxylic acids is 1. The lowest BCUT2D eigenvalue weighted by molar-refractivity contribution is -0.162. The molecule has 3 unspecified atom stereocenters. The number of amides is 3. The Bertz CT molecular complexity index is 3230. The van der Waals surface area contributed by atoms with Gasteiger partial charge in [0.15, 0.2) is 6.10 Å². The Labute approximate surface area is 456 Å². The highest BCUT2D eigenvalue weighted by atomic mass is 19.4. The van der Waals surface area contributed by atoms with E-state index in [1.165, 1.54) is 36.4 Å². The Balaban J connectivity index is 0.000000166. The first-order valence-electron chi connectivity index (χ1n) is 24.8. The highest BCUT2D eigenvalue weighted by Crippen LogP contribution is 2.34. The highest BCUT2D eigenvalue weighted by molar-refractivity contribution is 5.97. The number of benzene rings is 6. The monoisotopic (exact) mass is 1130 g/mol. The van der Waals surface area contributed by atoms with Crippen LogP contribution in [0, 0.1) is 0 Å². The van der Waals surface area contributed by atoms with Crippen molar-refractivity contribution < 1.29 is 82.4 Å². The van der Waals surface area contributed by atoms with E-state index in [-0.39, 0.29) is 12.5 Å². The average molecular weight is 1140 g/mol. The maximum Gasteiger partial charge on any atom is 0.416 e. The Morgan fingerprint density at radius 2 is 0.901 bits per heavy atom. The maximum absolute atomic E-state index is 12.7. The van der Waals surface area contributed by atoms with Gasteiger partial charge in [0.25, 0.3) is 17.7 Å². The number of rotatable bonds is 12. The van der Waals surface area contributed by atoms with Gasteiger partial charge in [-0.3, -0.25) is 30.7 Å². The first-order valence-corrected chi connectivity index (χ1v) is 24.8. The van der Waals surface area contributed by atoms with Gasteiger partial charge < -0.3 is 23.7 Å². The zero-order chi connectivity index (χ0) is 58.3. The predicted octanol–water partition coefficient (Wildman–Crippen LogP) is 10.4. The smallest absolute Gasteiger partial charge is 0.416 e. The molecule has 6 aromatic carbocycles. The number of ether oxygens (including phenoxy) is 3. The van der Waals surface area contributed by atoms with Gasteiger partial charge in [0.1, 0.15) is 12.2 Å².